The first kappa shape index (κ1) is 22.1. The number of benzene rings is 1. The van der Waals surface area contributed by atoms with Crippen molar-refractivity contribution in [2.45, 2.75) is 69.8 Å². The van der Waals surface area contributed by atoms with Gasteiger partial charge in [-0.25, -0.2) is 0 Å². The zero-order valence-corrected chi connectivity index (χ0v) is 17.1. The van der Waals surface area contributed by atoms with Gasteiger partial charge in [-0.2, -0.15) is 13.2 Å². The van der Waals surface area contributed by atoms with Crippen LogP contribution in [-0.4, -0.2) is 47.3 Å². The average molecular weight is 412 g/mol. The van der Waals surface area contributed by atoms with Crippen molar-refractivity contribution in [3.05, 3.63) is 35.9 Å². The summed E-state index contributed by atoms with van der Waals surface area (Å²) in [5.41, 5.74) is -0.143. The van der Waals surface area contributed by atoms with Crippen LogP contribution in [-0.2, 0) is 10.4 Å². The highest BCUT2D eigenvalue weighted by Crippen LogP contribution is 2.47. The van der Waals surface area contributed by atoms with E-state index in [-0.39, 0.29) is 23.8 Å². The van der Waals surface area contributed by atoms with Crippen molar-refractivity contribution in [1.29, 1.82) is 0 Å². The monoisotopic (exact) mass is 412 g/mol. The van der Waals surface area contributed by atoms with Crippen LogP contribution in [0.3, 0.4) is 0 Å². The van der Waals surface area contributed by atoms with Crippen molar-refractivity contribution in [2.75, 3.05) is 13.1 Å². The fourth-order valence-corrected chi connectivity index (χ4v) is 5.05. The van der Waals surface area contributed by atoms with Crippen LogP contribution in [0.2, 0.25) is 0 Å². The summed E-state index contributed by atoms with van der Waals surface area (Å²) in [4.78, 5) is 15.0. The SMILES string of the molecule is CC(C)[C@H](NCC(F)(F)F)C(=O)N1CCC(O)(c2ccccc2)C2CCCCC21. The van der Waals surface area contributed by atoms with Crippen LogP contribution in [0, 0.1) is 11.8 Å². The number of fused-ring (bicyclic) bond motifs is 1. The smallest absolute Gasteiger partial charge is 0.385 e. The van der Waals surface area contributed by atoms with Gasteiger partial charge >= 0.3 is 6.18 Å². The average Bonchev–Trinajstić information content (AvgIpc) is 2.68. The number of halogens is 3. The van der Waals surface area contributed by atoms with E-state index in [0.717, 1.165) is 31.2 Å². The van der Waals surface area contributed by atoms with Crippen LogP contribution in [0.15, 0.2) is 30.3 Å². The zero-order valence-electron chi connectivity index (χ0n) is 17.1. The first-order valence-corrected chi connectivity index (χ1v) is 10.5. The molecule has 3 unspecified atom stereocenters. The Morgan fingerprint density at radius 2 is 1.90 bits per heavy atom. The van der Waals surface area contributed by atoms with Crippen LogP contribution in [0.25, 0.3) is 0 Å². The molecule has 1 saturated heterocycles. The van der Waals surface area contributed by atoms with Gasteiger partial charge in [-0.1, -0.05) is 57.0 Å². The van der Waals surface area contributed by atoms with E-state index in [0.29, 0.717) is 13.0 Å². The lowest BCUT2D eigenvalue weighted by Gasteiger charge is -2.53. The number of likely N-dealkylation sites (tertiary alicyclic amines) is 1. The lowest BCUT2D eigenvalue weighted by molar-refractivity contribution is -0.159. The van der Waals surface area contributed by atoms with E-state index < -0.39 is 24.4 Å². The molecule has 0 spiro atoms. The van der Waals surface area contributed by atoms with Crippen molar-refractivity contribution in [3.63, 3.8) is 0 Å². The minimum Gasteiger partial charge on any atom is -0.385 e. The number of rotatable bonds is 5. The highest BCUT2D eigenvalue weighted by Gasteiger charge is 2.51. The zero-order chi connectivity index (χ0) is 21.2. The second kappa shape index (κ2) is 8.64. The molecule has 7 heteroatoms. The summed E-state index contributed by atoms with van der Waals surface area (Å²) < 4.78 is 38.2. The third kappa shape index (κ3) is 4.77. The van der Waals surface area contributed by atoms with Gasteiger partial charge in [0.1, 0.15) is 0 Å². The topological polar surface area (TPSA) is 52.6 Å². The lowest BCUT2D eigenvalue weighted by atomic mass is 9.66. The van der Waals surface area contributed by atoms with Crippen molar-refractivity contribution < 1.29 is 23.1 Å². The third-order valence-electron chi connectivity index (χ3n) is 6.49. The Kier molecular flexibility index (Phi) is 6.58. The van der Waals surface area contributed by atoms with Gasteiger partial charge < -0.3 is 10.0 Å². The molecular weight excluding hydrogens is 381 g/mol. The van der Waals surface area contributed by atoms with E-state index >= 15 is 0 Å². The molecule has 0 aromatic heterocycles. The first-order chi connectivity index (χ1) is 13.6. The van der Waals surface area contributed by atoms with E-state index in [9.17, 15) is 23.1 Å². The van der Waals surface area contributed by atoms with E-state index in [2.05, 4.69) is 5.32 Å². The minimum absolute atomic E-state index is 0.105. The van der Waals surface area contributed by atoms with Crippen LogP contribution in [0.1, 0.15) is 51.5 Å². The number of carbonyl (C=O) groups is 1. The van der Waals surface area contributed by atoms with E-state index in [1.807, 2.05) is 30.3 Å². The third-order valence-corrected chi connectivity index (χ3v) is 6.49. The molecule has 0 bridgehead atoms. The molecule has 1 aromatic rings. The molecule has 1 amide bonds. The summed E-state index contributed by atoms with van der Waals surface area (Å²) in [7, 11) is 0. The Balaban J connectivity index is 1.83. The number of hydrogen-bond donors (Lipinski definition) is 2. The van der Waals surface area contributed by atoms with Gasteiger partial charge in [0, 0.05) is 18.5 Å². The molecule has 2 N–H and O–H groups in total. The lowest BCUT2D eigenvalue weighted by Crippen LogP contribution is -2.62. The Bertz CT molecular complexity index is 695. The quantitative estimate of drug-likeness (QED) is 0.773. The number of piperidine rings is 1. The molecular formula is C22H31F3N2O2. The van der Waals surface area contributed by atoms with Gasteiger partial charge in [-0.05, 0) is 30.7 Å². The molecule has 2 fully saturated rings. The maximum Gasteiger partial charge on any atom is 0.401 e. The maximum atomic E-state index is 13.3. The van der Waals surface area contributed by atoms with Gasteiger partial charge in [-0.15, -0.1) is 0 Å². The number of alkyl halides is 3. The Labute approximate surface area is 170 Å². The fourth-order valence-electron chi connectivity index (χ4n) is 5.05. The maximum absolute atomic E-state index is 13.3. The molecule has 162 valence electrons. The number of nitrogens with zero attached hydrogens (tertiary/aromatic N) is 1. The van der Waals surface area contributed by atoms with Crippen molar-refractivity contribution in [1.82, 2.24) is 10.2 Å². The summed E-state index contributed by atoms with van der Waals surface area (Å²) in [6.07, 6.45) is -0.446. The number of amides is 1. The van der Waals surface area contributed by atoms with Crippen LogP contribution >= 0.6 is 0 Å². The van der Waals surface area contributed by atoms with Gasteiger partial charge in [-0.3, -0.25) is 10.1 Å². The first-order valence-electron chi connectivity index (χ1n) is 10.5. The molecule has 1 aromatic carbocycles. The molecule has 2 aliphatic rings. The predicted octanol–water partition coefficient (Wildman–Crippen LogP) is 3.84. The number of hydrogen-bond acceptors (Lipinski definition) is 3. The highest BCUT2D eigenvalue weighted by molar-refractivity contribution is 5.82. The van der Waals surface area contributed by atoms with Crippen LogP contribution in [0.4, 0.5) is 13.2 Å². The Morgan fingerprint density at radius 3 is 2.52 bits per heavy atom. The predicted molar refractivity (Wildman–Crippen MR) is 105 cm³/mol. The molecule has 0 radical (unpaired) electrons. The van der Waals surface area contributed by atoms with Gasteiger partial charge in [0.05, 0.1) is 18.2 Å². The van der Waals surface area contributed by atoms with Crippen molar-refractivity contribution in [2.24, 2.45) is 11.8 Å². The van der Waals surface area contributed by atoms with E-state index in [4.69, 9.17) is 0 Å². The number of nitrogens with one attached hydrogen (secondary N) is 1. The Morgan fingerprint density at radius 1 is 1.24 bits per heavy atom. The highest BCUT2D eigenvalue weighted by atomic mass is 19.4. The number of carbonyl (C=O) groups excluding carboxylic acids is 1. The van der Waals surface area contributed by atoms with Gasteiger partial charge in [0.15, 0.2) is 0 Å². The molecule has 1 saturated carbocycles. The normalized spacial score (nSPS) is 28.9. The second-order valence-corrected chi connectivity index (χ2v) is 8.75. The molecule has 1 aliphatic heterocycles. The molecule has 1 heterocycles. The number of aliphatic hydroxyl groups is 1. The van der Waals surface area contributed by atoms with Crippen LogP contribution < -0.4 is 5.32 Å². The summed E-state index contributed by atoms with van der Waals surface area (Å²) in [5.74, 6) is -0.648. The van der Waals surface area contributed by atoms with E-state index in [1.165, 1.54) is 0 Å². The second-order valence-electron chi connectivity index (χ2n) is 8.75. The summed E-state index contributed by atoms with van der Waals surface area (Å²) in [6, 6.07) is 8.52. The summed E-state index contributed by atoms with van der Waals surface area (Å²) in [5, 5.41) is 14.0. The minimum atomic E-state index is -4.36. The fraction of sp³-hybridized carbons (Fsp3) is 0.682. The van der Waals surface area contributed by atoms with E-state index in [1.54, 1.807) is 18.7 Å². The van der Waals surface area contributed by atoms with Crippen molar-refractivity contribution in [3.8, 4) is 0 Å². The van der Waals surface area contributed by atoms with Crippen molar-refractivity contribution >= 4 is 5.91 Å². The largest absolute Gasteiger partial charge is 0.401 e. The molecule has 29 heavy (non-hydrogen) atoms. The van der Waals surface area contributed by atoms with Gasteiger partial charge in [0.25, 0.3) is 0 Å². The molecule has 4 atom stereocenters. The molecule has 4 nitrogen and oxygen atoms in total. The molecule has 1 aliphatic carbocycles. The summed E-state index contributed by atoms with van der Waals surface area (Å²) in [6.45, 7) is 2.68. The standard InChI is InChI=1S/C22H31F3N2O2/c1-15(2)19(26-14-22(23,24)25)20(28)27-13-12-21(29,16-8-4-3-5-9-16)17-10-6-7-11-18(17)27/h3-5,8-9,15,17-19,26,29H,6-7,10-14H2,1-2H3/t17?,18?,19-,21?/m0/s1. The summed E-state index contributed by atoms with van der Waals surface area (Å²) >= 11 is 0. The Hall–Kier alpha value is -1.60. The van der Waals surface area contributed by atoms with Gasteiger partial charge in [0.2, 0.25) is 5.91 Å². The van der Waals surface area contributed by atoms with Crippen LogP contribution in [0.5, 0.6) is 0 Å². The molecule has 3 rings (SSSR count).